The van der Waals surface area contributed by atoms with Crippen LogP contribution < -0.4 is 20.7 Å². The van der Waals surface area contributed by atoms with E-state index in [1.807, 2.05) is 19.9 Å². The molecule has 3 heterocycles. The SMILES string of the molecule is COc1cccc2[nH]c(C(=O)N[C@@H](CC(C)C)C(=O)N[C@@H](CC3CCCNC3=O)C(=O)COC(=O)c3cnc(C)cc3C)cc12. The van der Waals surface area contributed by atoms with Gasteiger partial charge in [-0.2, -0.15) is 0 Å². The molecule has 1 unspecified atom stereocenters. The second-order valence-electron chi connectivity index (χ2n) is 11.9. The molecule has 240 valence electrons. The molecular weight excluding hydrogens is 578 g/mol. The quantitative estimate of drug-likeness (QED) is 0.212. The molecule has 4 N–H and O–H groups in total. The van der Waals surface area contributed by atoms with E-state index < -0.39 is 48.2 Å². The number of esters is 1. The summed E-state index contributed by atoms with van der Waals surface area (Å²) < 4.78 is 10.7. The van der Waals surface area contributed by atoms with Crippen LogP contribution in [0.5, 0.6) is 5.75 Å². The van der Waals surface area contributed by atoms with Gasteiger partial charge in [0.25, 0.3) is 5.91 Å². The molecule has 0 saturated carbocycles. The number of nitrogens with one attached hydrogen (secondary N) is 4. The summed E-state index contributed by atoms with van der Waals surface area (Å²) in [5.74, 6) is -2.44. The minimum Gasteiger partial charge on any atom is -0.496 e. The Bertz CT molecular complexity index is 1580. The number of pyridine rings is 1. The van der Waals surface area contributed by atoms with Crippen LogP contribution in [-0.2, 0) is 19.1 Å². The van der Waals surface area contributed by atoms with Crippen LogP contribution in [0.25, 0.3) is 10.9 Å². The van der Waals surface area contributed by atoms with Crippen LogP contribution in [0.2, 0.25) is 0 Å². The van der Waals surface area contributed by atoms with Gasteiger partial charge in [-0.25, -0.2) is 4.79 Å². The predicted octanol–water partition coefficient (Wildman–Crippen LogP) is 3.16. The Morgan fingerprint density at radius 2 is 1.87 bits per heavy atom. The van der Waals surface area contributed by atoms with Crippen molar-refractivity contribution in [1.82, 2.24) is 25.9 Å². The van der Waals surface area contributed by atoms with Crippen molar-refractivity contribution in [3.05, 3.63) is 59.0 Å². The van der Waals surface area contributed by atoms with Crippen molar-refractivity contribution in [3.63, 3.8) is 0 Å². The number of methoxy groups -OCH3 is 1. The van der Waals surface area contributed by atoms with E-state index in [4.69, 9.17) is 9.47 Å². The summed E-state index contributed by atoms with van der Waals surface area (Å²) >= 11 is 0. The number of aromatic nitrogens is 2. The van der Waals surface area contributed by atoms with Crippen molar-refractivity contribution in [3.8, 4) is 5.75 Å². The molecule has 0 radical (unpaired) electrons. The Morgan fingerprint density at radius 3 is 2.56 bits per heavy atom. The Balaban J connectivity index is 1.50. The van der Waals surface area contributed by atoms with Gasteiger partial charge in [-0.15, -0.1) is 0 Å². The number of aromatic amines is 1. The summed E-state index contributed by atoms with van der Waals surface area (Å²) in [7, 11) is 1.54. The molecule has 0 bridgehead atoms. The lowest BCUT2D eigenvalue weighted by atomic mass is 9.90. The molecule has 12 heteroatoms. The number of amides is 3. The van der Waals surface area contributed by atoms with Crippen molar-refractivity contribution in [2.45, 2.75) is 65.5 Å². The molecule has 0 aliphatic carbocycles. The Kier molecular flexibility index (Phi) is 10.9. The number of ketones is 1. The first-order chi connectivity index (χ1) is 21.5. The number of hydrogen-bond acceptors (Lipinski definition) is 8. The number of fused-ring (bicyclic) bond motifs is 1. The number of hydrogen-bond donors (Lipinski definition) is 4. The zero-order chi connectivity index (χ0) is 32.7. The Labute approximate surface area is 262 Å². The number of Topliss-reactive ketones (excluding diaryl/α,β-unsaturated/α-hetero) is 1. The fraction of sp³-hybridized carbons (Fsp3) is 0.455. The topological polar surface area (TPSA) is 169 Å². The highest BCUT2D eigenvalue weighted by molar-refractivity contribution is 6.02. The molecule has 1 aliphatic heterocycles. The van der Waals surface area contributed by atoms with Gasteiger partial charge in [-0.05, 0) is 75.3 Å². The zero-order valence-electron chi connectivity index (χ0n) is 26.3. The van der Waals surface area contributed by atoms with Gasteiger partial charge < -0.3 is 30.4 Å². The van der Waals surface area contributed by atoms with Gasteiger partial charge >= 0.3 is 5.97 Å². The molecule has 1 aromatic carbocycles. The third-order valence-electron chi connectivity index (χ3n) is 7.86. The number of rotatable bonds is 13. The maximum Gasteiger partial charge on any atom is 0.340 e. The van der Waals surface area contributed by atoms with Crippen molar-refractivity contribution < 1.29 is 33.4 Å². The first kappa shape index (κ1) is 33.2. The van der Waals surface area contributed by atoms with E-state index in [0.717, 1.165) is 17.5 Å². The second kappa shape index (κ2) is 14.8. The van der Waals surface area contributed by atoms with Crippen LogP contribution in [0.15, 0.2) is 36.5 Å². The molecular formula is C33H41N5O7. The van der Waals surface area contributed by atoms with E-state index in [0.29, 0.717) is 36.2 Å². The van der Waals surface area contributed by atoms with Gasteiger partial charge in [0.2, 0.25) is 11.8 Å². The lowest BCUT2D eigenvalue weighted by Gasteiger charge is -2.28. The highest BCUT2D eigenvalue weighted by Crippen LogP contribution is 2.26. The molecule has 4 rings (SSSR count). The molecule has 12 nitrogen and oxygen atoms in total. The maximum atomic E-state index is 13.7. The highest BCUT2D eigenvalue weighted by atomic mass is 16.5. The molecule has 3 atom stereocenters. The lowest BCUT2D eigenvalue weighted by molar-refractivity contribution is -0.133. The average Bonchev–Trinajstić information content (AvgIpc) is 3.45. The third kappa shape index (κ3) is 8.46. The summed E-state index contributed by atoms with van der Waals surface area (Å²) in [5, 5.41) is 9.07. The number of carbonyl (C=O) groups excluding carboxylic acids is 5. The number of carbonyl (C=O) groups is 5. The highest BCUT2D eigenvalue weighted by Gasteiger charge is 2.33. The Morgan fingerprint density at radius 1 is 1.09 bits per heavy atom. The van der Waals surface area contributed by atoms with Crippen LogP contribution in [0.1, 0.15) is 71.6 Å². The molecule has 3 amide bonds. The van der Waals surface area contributed by atoms with Crippen LogP contribution in [0.4, 0.5) is 0 Å². The third-order valence-corrected chi connectivity index (χ3v) is 7.86. The van der Waals surface area contributed by atoms with Crippen molar-refractivity contribution in [2.24, 2.45) is 11.8 Å². The summed E-state index contributed by atoms with van der Waals surface area (Å²) in [6.07, 6.45) is 3.01. The standard InChI is InChI=1S/C33H41N5O7/c1-18(2)12-26(38-32(42)27-15-22-24(36-27)9-6-10-29(22)44-5)31(41)37-25(14-21-8-7-11-34-30(21)40)28(39)17-45-33(43)23-16-35-20(4)13-19(23)3/h6,9-10,13,15-16,18,21,25-26,36H,7-8,11-12,14,17H2,1-5H3,(H,34,40)(H,37,41)(H,38,42)/t21?,25-,26-/m0/s1. The van der Waals surface area contributed by atoms with E-state index in [1.165, 1.54) is 6.20 Å². The lowest BCUT2D eigenvalue weighted by Crippen LogP contribution is -2.54. The zero-order valence-corrected chi connectivity index (χ0v) is 26.3. The molecule has 3 aromatic rings. The van der Waals surface area contributed by atoms with Gasteiger partial charge in [0, 0.05) is 35.3 Å². The van der Waals surface area contributed by atoms with E-state index in [9.17, 15) is 24.0 Å². The fourth-order valence-electron chi connectivity index (χ4n) is 5.48. The Hall–Kier alpha value is -4.74. The monoisotopic (exact) mass is 619 g/mol. The van der Waals surface area contributed by atoms with Gasteiger partial charge in [-0.3, -0.25) is 24.2 Å². The number of piperidine rings is 1. The van der Waals surface area contributed by atoms with Crippen molar-refractivity contribution in [1.29, 1.82) is 0 Å². The summed E-state index contributed by atoms with van der Waals surface area (Å²) in [6, 6.07) is 6.68. The van der Waals surface area contributed by atoms with E-state index in [1.54, 1.807) is 45.2 Å². The molecule has 2 aromatic heterocycles. The minimum atomic E-state index is -1.12. The van der Waals surface area contributed by atoms with E-state index in [-0.39, 0.29) is 29.5 Å². The minimum absolute atomic E-state index is 0.0226. The molecule has 1 fully saturated rings. The number of H-pyrrole nitrogens is 1. The van der Waals surface area contributed by atoms with Crippen molar-refractivity contribution >= 4 is 40.4 Å². The van der Waals surface area contributed by atoms with Gasteiger partial charge in [0.15, 0.2) is 12.4 Å². The largest absolute Gasteiger partial charge is 0.496 e. The van der Waals surface area contributed by atoms with Crippen molar-refractivity contribution in [2.75, 3.05) is 20.3 Å². The molecule has 45 heavy (non-hydrogen) atoms. The average molecular weight is 620 g/mol. The summed E-state index contributed by atoms with van der Waals surface area (Å²) in [4.78, 5) is 72.9. The summed E-state index contributed by atoms with van der Waals surface area (Å²) in [5.41, 5.74) is 2.57. The normalized spacial score (nSPS) is 16.0. The number of aryl methyl sites for hydroxylation is 2. The van der Waals surface area contributed by atoms with Gasteiger partial charge in [0.05, 0.1) is 18.7 Å². The van der Waals surface area contributed by atoms with E-state index >= 15 is 0 Å². The van der Waals surface area contributed by atoms with Crippen LogP contribution in [0.3, 0.4) is 0 Å². The summed E-state index contributed by atoms with van der Waals surface area (Å²) in [6.45, 7) is 7.31. The first-order valence-corrected chi connectivity index (χ1v) is 15.1. The fourth-order valence-corrected chi connectivity index (χ4v) is 5.48. The van der Waals surface area contributed by atoms with E-state index in [2.05, 4.69) is 25.9 Å². The molecule has 1 saturated heterocycles. The number of benzene rings is 1. The first-order valence-electron chi connectivity index (χ1n) is 15.1. The van der Waals surface area contributed by atoms with Crippen LogP contribution in [-0.4, -0.2) is 71.8 Å². The van der Waals surface area contributed by atoms with Crippen LogP contribution in [0, 0.1) is 25.7 Å². The maximum absolute atomic E-state index is 13.7. The second-order valence-corrected chi connectivity index (χ2v) is 11.9. The number of nitrogens with zero attached hydrogens (tertiary/aromatic N) is 1. The van der Waals surface area contributed by atoms with Gasteiger partial charge in [-0.1, -0.05) is 19.9 Å². The smallest absolute Gasteiger partial charge is 0.340 e. The number of ether oxygens (including phenoxy) is 2. The van der Waals surface area contributed by atoms with Gasteiger partial charge in [0.1, 0.15) is 17.5 Å². The molecule has 1 aliphatic rings. The molecule has 0 spiro atoms. The predicted molar refractivity (Wildman–Crippen MR) is 167 cm³/mol. The van der Waals surface area contributed by atoms with Crippen LogP contribution >= 0.6 is 0 Å².